The monoisotopic (exact) mass is 240 g/mol. The van der Waals surface area contributed by atoms with Crippen molar-refractivity contribution in [2.24, 2.45) is 5.92 Å². The third-order valence-corrected chi connectivity index (χ3v) is 2.91. The summed E-state index contributed by atoms with van der Waals surface area (Å²) in [6.45, 7) is 5.53. The number of nitrogens with zero attached hydrogens (tertiary/aromatic N) is 1. The smallest absolute Gasteiger partial charge is 0.0598 e. The predicted molar refractivity (Wildman–Crippen MR) is 73.2 cm³/mol. The van der Waals surface area contributed by atoms with Crippen molar-refractivity contribution in [3.8, 4) is 0 Å². The van der Waals surface area contributed by atoms with Crippen molar-refractivity contribution in [2.75, 3.05) is 24.2 Å². The van der Waals surface area contributed by atoms with Crippen molar-refractivity contribution < 1.29 is 0 Å². The van der Waals surface area contributed by atoms with Gasteiger partial charge in [-0.25, -0.2) is 0 Å². The Morgan fingerprint density at radius 1 is 1.38 bits per heavy atom. The molecule has 0 unspecified atom stereocenters. The molecule has 0 atom stereocenters. The van der Waals surface area contributed by atoms with E-state index in [9.17, 15) is 0 Å². The zero-order chi connectivity index (χ0) is 12.1. The van der Waals surface area contributed by atoms with Crippen LogP contribution in [-0.2, 0) is 0 Å². The molecule has 0 amide bonds. The van der Waals surface area contributed by atoms with Crippen LogP contribution in [0.5, 0.6) is 0 Å². The first-order valence-electron chi connectivity index (χ1n) is 5.77. The lowest BCUT2D eigenvalue weighted by atomic mass is 10.1. The minimum absolute atomic E-state index is 0.692. The van der Waals surface area contributed by atoms with E-state index >= 15 is 0 Å². The lowest BCUT2D eigenvalue weighted by Crippen LogP contribution is -2.20. The molecule has 3 heteroatoms. The summed E-state index contributed by atoms with van der Waals surface area (Å²) in [5.41, 5.74) is 7.74. The fourth-order valence-electron chi connectivity index (χ4n) is 1.73. The van der Waals surface area contributed by atoms with Gasteiger partial charge < -0.3 is 10.6 Å². The van der Waals surface area contributed by atoms with Gasteiger partial charge >= 0.3 is 0 Å². The van der Waals surface area contributed by atoms with E-state index in [-0.39, 0.29) is 0 Å². The highest BCUT2D eigenvalue weighted by Crippen LogP contribution is 2.25. The zero-order valence-corrected chi connectivity index (χ0v) is 11.1. The number of hydrogen-bond donors (Lipinski definition) is 1. The third-order valence-electron chi connectivity index (χ3n) is 2.68. The number of halogens is 1. The molecule has 0 aliphatic heterocycles. The van der Waals surface area contributed by atoms with E-state index in [1.807, 2.05) is 12.1 Å². The molecular formula is C13H21ClN2. The van der Waals surface area contributed by atoms with Crippen LogP contribution < -0.4 is 10.6 Å². The molecule has 0 saturated heterocycles. The maximum atomic E-state index is 5.93. The molecule has 0 saturated carbocycles. The minimum atomic E-state index is 0.692. The first-order valence-corrected chi connectivity index (χ1v) is 6.14. The summed E-state index contributed by atoms with van der Waals surface area (Å²) in [6, 6.07) is 5.66. The summed E-state index contributed by atoms with van der Waals surface area (Å²) >= 11 is 5.87. The molecule has 90 valence electrons. The number of nitrogen functional groups attached to an aromatic ring is 1. The average molecular weight is 241 g/mol. The summed E-state index contributed by atoms with van der Waals surface area (Å²) in [6.07, 6.45) is 2.44. The lowest BCUT2D eigenvalue weighted by molar-refractivity contribution is 0.556. The van der Waals surface area contributed by atoms with Crippen LogP contribution >= 0.6 is 11.6 Å². The van der Waals surface area contributed by atoms with Crippen LogP contribution in [0, 0.1) is 5.92 Å². The Morgan fingerprint density at radius 2 is 2.06 bits per heavy atom. The summed E-state index contributed by atoms with van der Waals surface area (Å²) in [5, 5.41) is 0.692. The SMILES string of the molecule is CC(C)CCCN(C)c1ccc(Cl)cc1N. The van der Waals surface area contributed by atoms with Gasteiger partial charge in [0.1, 0.15) is 0 Å². The standard InChI is InChI=1S/C13H21ClN2/c1-10(2)5-4-8-16(3)13-7-6-11(14)9-12(13)15/h6-7,9-10H,4-5,8,15H2,1-3H3. The van der Waals surface area contributed by atoms with Crippen LogP contribution in [0.25, 0.3) is 0 Å². The van der Waals surface area contributed by atoms with Crippen molar-refractivity contribution in [2.45, 2.75) is 26.7 Å². The third kappa shape index (κ3) is 3.93. The Labute approximate surface area is 103 Å². The number of hydrogen-bond acceptors (Lipinski definition) is 2. The lowest BCUT2D eigenvalue weighted by Gasteiger charge is -2.21. The summed E-state index contributed by atoms with van der Waals surface area (Å²) in [5.74, 6) is 0.760. The molecule has 2 N–H and O–H groups in total. The number of benzene rings is 1. The second kappa shape index (κ2) is 6.00. The van der Waals surface area contributed by atoms with Crippen molar-refractivity contribution in [1.29, 1.82) is 0 Å². The van der Waals surface area contributed by atoms with Crippen LogP contribution in [0.3, 0.4) is 0 Å². The van der Waals surface area contributed by atoms with E-state index in [4.69, 9.17) is 17.3 Å². The molecule has 1 rings (SSSR count). The summed E-state index contributed by atoms with van der Waals surface area (Å²) in [7, 11) is 2.07. The van der Waals surface area contributed by atoms with Gasteiger partial charge in [0.25, 0.3) is 0 Å². The highest BCUT2D eigenvalue weighted by molar-refractivity contribution is 6.31. The average Bonchev–Trinajstić information content (AvgIpc) is 2.16. The molecule has 1 aromatic rings. The molecule has 1 aromatic carbocycles. The van der Waals surface area contributed by atoms with Crippen LogP contribution in [0.1, 0.15) is 26.7 Å². The van der Waals surface area contributed by atoms with Crippen molar-refractivity contribution in [3.05, 3.63) is 23.2 Å². The van der Waals surface area contributed by atoms with Gasteiger partial charge in [-0.05, 0) is 37.0 Å². The first kappa shape index (κ1) is 13.2. The molecule has 0 aliphatic rings. The molecule has 0 aliphatic carbocycles. The fraction of sp³-hybridized carbons (Fsp3) is 0.538. The second-order valence-electron chi connectivity index (χ2n) is 4.66. The van der Waals surface area contributed by atoms with Crippen LogP contribution in [0.2, 0.25) is 5.02 Å². The Morgan fingerprint density at radius 3 is 2.62 bits per heavy atom. The molecule has 0 spiro atoms. The van der Waals surface area contributed by atoms with E-state index < -0.39 is 0 Å². The van der Waals surface area contributed by atoms with E-state index in [2.05, 4.69) is 25.8 Å². The summed E-state index contributed by atoms with van der Waals surface area (Å²) < 4.78 is 0. The highest BCUT2D eigenvalue weighted by Gasteiger charge is 2.05. The van der Waals surface area contributed by atoms with E-state index in [0.717, 1.165) is 23.8 Å². The van der Waals surface area contributed by atoms with Gasteiger partial charge in [0.2, 0.25) is 0 Å². The largest absolute Gasteiger partial charge is 0.397 e. The van der Waals surface area contributed by atoms with Crippen molar-refractivity contribution in [3.63, 3.8) is 0 Å². The molecular weight excluding hydrogens is 220 g/mol. The Hall–Kier alpha value is -0.890. The molecule has 0 fully saturated rings. The van der Waals surface area contributed by atoms with Crippen molar-refractivity contribution in [1.82, 2.24) is 0 Å². The topological polar surface area (TPSA) is 29.3 Å². The number of rotatable bonds is 5. The molecule has 2 nitrogen and oxygen atoms in total. The molecule has 0 heterocycles. The normalized spacial score (nSPS) is 10.8. The number of nitrogens with two attached hydrogens (primary N) is 1. The molecule has 16 heavy (non-hydrogen) atoms. The molecule has 0 bridgehead atoms. The van der Waals surface area contributed by atoms with E-state index in [1.54, 1.807) is 6.07 Å². The Kier molecular flexibility index (Phi) is 4.94. The highest BCUT2D eigenvalue weighted by atomic mass is 35.5. The maximum absolute atomic E-state index is 5.93. The quantitative estimate of drug-likeness (QED) is 0.794. The fourth-order valence-corrected chi connectivity index (χ4v) is 1.91. The van der Waals surface area contributed by atoms with Crippen LogP contribution in [0.4, 0.5) is 11.4 Å². The summed E-state index contributed by atoms with van der Waals surface area (Å²) in [4.78, 5) is 2.19. The maximum Gasteiger partial charge on any atom is 0.0598 e. The molecule has 0 radical (unpaired) electrons. The van der Waals surface area contributed by atoms with Crippen molar-refractivity contribution >= 4 is 23.0 Å². The van der Waals surface area contributed by atoms with Gasteiger partial charge in [-0.3, -0.25) is 0 Å². The van der Waals surface area contributed by atoms with E-state index in [1.165, 1.54) is 12.8 Å². The van der Waals surface area contributed by atoms with Gasteiger partial charge in [-0.15, -0.1) is 0 Å². The Balaban J connectivity index is 2.55. The van der Waals surface area contributed by atoms with Gasteiger partial charge in [-0.2, -0.15) is 0 Å². The first-order chi connectivity index (χ1) is 7.50. The van der Waals surface area contributed by atoms with Gasteiger partial charge in [-0.1, -0.05) is 25.4 Å². The van der Waals surface area contributed by atoms with Gasteiger partial charge in [0.05, 0.1) is 11.4 Å². The second-order valence-corrected chi connectivity index (χ2v) is 5.10. The van der Waals surface area contributed by atoms with Gasteiger partial charge in [0.15, 0.2) is 0 Å². The molecule has 0 aromatic heterocycles. The number of anilines is 2. The van der Waals surface area contributed by atoms with Gasteiger partial charge in [0, 0.05) is 18.6 Å². The predicted octanol–water partition coefficient (Wildman–Crippen LogP) is 3.79. The zero-order valence-electron chi connectivity index (χ0n) is 10.3. The van der Waals surface area contributed by atoms with E-state index in [0.29, 0.717) is 5.02 Å². The van der Waals surface area contributed by atoms with Crippen LogP contribution in [0.15, 0.2) is 18.2 Å². The Bertz CT molecular complexity index is 337. The minimum Gasteiger partial charge on any atom is -0.397 e. The van der Waals surface area contributed by atoms with Crippen LogP contribution in [-0.4, -0.2) is 13.6 Å².